The van der Waals surface area contributed by atoms with Crippen molar-refractivity contribution in [3.05, 3.63) is 71.4 Å². The van der Waals surface area contributed by atoms with Crippen LogP contribution in [0.15, 0.2) is 59.6 Å². The van der Waals surface area contributed by atoms with Gasteiger partial charge in [-0.05, 0) is 41.8 Å². The summed E-state index contributed by atoms with van der Waals surface area (Å²) < 4.78 is 23.2. The third-order valence-electron chi connectivity index (χ3n) is 5.03. The fourth-order valence-electron chi connectivity index (χ4n) is 3.48. The molecule has 1 heterocycles. The maximum absolute atomic E-state index is 12.7. The van der Waals surface area contributed by atoms with E-state index in [1.54, 1.807) is 23.2 Å². The van der Waals surface area contributed by atoms with Crippen molar-refractivity contribution >= 4 is 27.7 Å². The average Bonchev–Trinajstić information content (AvgIpc) is 2.67. The van der Waals surface area contributed by atoms with E-state index in [4.69, 9.17) is 0 Å². The number of benzene rings is 2. The maximum atomic E-state index is 12.7. The van der Waals surface area contributed by atoms with E-state index < -0.39 is 9.84 Å². The van der Waals surface area contributed by atoms with Gasteiger partial charge in [-0.25, -0.2) is 8.42 Å². The number of hydrogen-bond donors (Lipinski definition) is 1. The van der Waals surface area contributed by atoms with Crippen LogP contribution >= 0.6 is 0 Å². The molecule has 6 nitrogen and oxygen atoms in total. The van der Waals surface area contributed by atoms with Gasteiger partial charge in [-0.1, -0.05) is 36.4 Å². The lowest BCUT2D eigenvalue weighted by molar-refractivity contribution is -0.130. The third kappa shape index (κ3) is 4.74. The van der Waals surface area contributed by atoms with Gasteiger partial charge in [-0.3, -0.25) is 9.59 Å². The Hall–Kier alpha value is -2.93. The van der Waals surface area contributed by atoms with E-state index in [0.717, 1.165) is 22.9 Å². The number of sulfone groups is 1. The predicted octanol–water partition coefficient (Wildman–Crippen LogP) is 3.23. The van der Waals surface area contributed by atoms with Gasteiger partial charge in [0.15, 0.2) is 9.84 Å². The van der Waals surface area contributed by atoms with Gasteiger partial charge >= 0.3 is 0 Å². The molecule has 1 N–H and O–H groups in total. The summed E-state index contributed by atoms with van der Waals surface area (Å²) in [4.78, 5) is 26.6. The highest BCUT2D eigenvalue weighted by atomic mass is 32.2. The third-order valence-corrected chi connectivity index (χ3v) is 6.16. The second-order valence-corrected chi connectivity index (χ2v) is 9.24. The zero-order chi connectivity index (χ0) is 21.2. The molecule has 7 heteroatoms. The molecule has 2 aromatic rings. The second-order valence-electron chi connectivity index (χ2n) is 7.22. The predicted molar refractivity (Wildman–Crippen MR) is 111 cm³/mol. The highest BCUT2D eigenvalue weighted by molar-refractivity contribution is 7.90. The number of amides is 2. The molecular formula is C22H24N2O4S. The monoisotopic (exact) mass is 412 g/mol. The van der Waals surface area contributed by atoms with Crippen LogP contribution in [0.2, 0.25) is 0 Å². The first-order chi connectivity index (χ1) is 13.7. The molecule has 0 saturated carbocycles. The van der Waals surface area contributed by atoms with Crippen molar-refractivity contribution in [2.75, 3.05) is 6.26 Å². The molecule has 2 aromatic carbocycles. The van der Waals surface area contributed by atoms with Gasteiger partial charge in [0.1, 0.15) is 0 Å². The molecule has 0 spiro atoms. The average molecular weight is 413 g/mol. The Morgan fingerprint density at radius 2 is 1.76 bits per heavy atom. The van der Waals surface area contributed by atoms with Gasteiger partial charge in [0, 0.05) is 19.4 Å². The summed E-state index contributed by atoms with van der Waals surface area (Å²) in [6.07, 6.45) is 4.88. The maximum Gasteiger partial charge on any atom is 0.223 e. The number of carbonyl (C=O) groups is 2. The van der Waals surface area contributed by atoms with Gasteiger partial charge in [-0.2, -0.15) is 0 Å². The molecule has 1 aliphatic heterocycles. The first-order valence-electron chi connectivity index (χ1n) is 9.32. The summed E-state index contributed by atoms with van der Waals surface area (Å²) in [5, 5.41) is 2.94. The van der Waals surface area contributed by atoms with Crippen molar-refractivity contribution < 1.29 is 18.0 Å². The standard InChI is InChI=1S/C22H24N2O4S/c1-15(17-8-10-19(11-9-17)29(3,27)28)23-22(26)14-21-20-7-5-4-6-18(20)12-13-24(21)16(2)25/h4-13,15,21H,14H2,1-3H3,(H,23,26)/t15-,21+/m0/s1. The summed E-state index contributed by atoms with van der Waals surface area (Å²) in [5.41, 5.74) is 2.73. The summed E-state index contributed by atoms with van der Waals surface area (Å²) in [6.45, 7) is 3.32. The minimum atomic E-state index is -3.26. The molecule has 0 radical (unpaired) electrons. The molecule has 0 unspecified atom stereocenters. The molecule has 152 valence electrons. The second kappa shape index (κ2) is 8.21. The lowest BCUT2D eigenvalue weighted by Gasteiger charge is -2.32. The molecule has 0 fully saturated rings. The SMILES string of the molecule is CC(=O)N1C=Cc2ccccc2[C@H]1CC(=O)N[C@@H](C)c1ccc(S(C)(=O)=O)cc1. The zero-order valence-electron chi connectivity index (χ0n) is 16.6. The summed E-state index contributed by atoms with van der Waals surface area (Å²) >= 11 is 0. The van der Waals surface area contributed by atoms with Gasteiger partial charge in [0.2, 0.25) is 11.8 Å². The number of nitrogens with zero attached hydrogens (tertiary/aromatic N) is 1. The molecule has 29 heavy (non-hydrogen) atoms. The van der Waals surface area contributed by atoms with Gasteiger partial charge < -0.3 is 10.2 Å². The van der Waals surface area contributed by atoms with Crippen molar-refractivity contribution in [2.24, 2.45) is 0 Å². The van der Waals surface area contributed by atoms with E-state index in [9.17, 15) is 18.0 Å². The van der Waals surface area contributed by atoms with E-state index in [-0.39, 0.29) is 35.2 Å². The normalized spacial score (nSPS) is 16.8. The lowest BCUT2D eigenvalue weighted by atomic mass is 9.93. The van der Waals surface area contributed by atoms with E-state index in [1.807, 2.05) is 37.3 Å². The fraction of sp³-hybridized carbons (Fsp3) is 0.273. The topological polar surface area (TPSA) is 83.6 Å². The van der Waals surface area contributed by atoms with Crippen molar-refractivity contribution in [1.29, 1.82) is 0 Å². The highest BCUT2D eigenvalue weighted by Crippen LogP contribution is 2.33. The van der Waals surface area contributed by atoms with Crippen molar-refractivity contribution in [2.45, 2.75) is 37.2 Å². The van der Waals surface area contributed by atoms with Crippen molar-refractivity contribution in [3.63, 3.8) is 0 Å². The first kappa shape index (κ1) is 20.8. The van der Waals surface area contributed by atoms with E-state index in [1.165, 1.54) is 19.1 Å². The number of rotatable bonds is 5. The van der Waals surface area contributed by atoms with Crippen LogP contribution in [0.25, 0.3) is 6.08 Å². The van der Waals surface area contributed by atoms with Crippen LogP contribution in [0.1, 0.15) is 49.0 Å². The number of nitrogens with one attached hydrogen (secondary N) is 1. The van der Waals surface area contributed by atoms with Crippen LogP contribution in [0, 0.1) is 0 Å². The first-order valence-corrected chi connectivity index (χ1v) is 11.2. The molecule has 0 aromatic heterocycles. The van der Waals surface area contributed by atoms with Gasteiger partial charge in [-0.15, -0.1) is 0 Å². The van der Waals surface area contributed by atoms with E-state index in [0.29, 0.717) is 0 Å². The molecule has 1 aliphatic rings. The minimum Gasteiger partial charge on any atom is -0.350 e. The highest BCUT2D eigenvalue weighted by Gasteiger charge is 2.28. The van der Waals surface area contributed by atoms with Crippen molar-refractivity contribution in [3.8, 4) is 0 Å². The van der Waals surface area contributed by atoms with Crippen LogP contribution in [0.5, 0.6) is 0 Å². The van der Waals surface area contributed by atoms with Crippen LogP contribution in [-0.2, 0) is 19.4 Å². The Labute approximate surface area is 171 Å². The molecule has 0 saturated heterocycles. The molecule has 2 amide bonds. The number of hydrogen-bond acceptors (Lipinski definition) is 4. The van der Waals surface area contributed by atoms with E-state index in [2.05, 4.69) is 5.32 Å². The molecule has 0 aliphatic carbocycles. The molecule has 3 rings (SSSR count). The largest absolute Gasteiger partial charge is 0.350 e. The van der Waals surface area contributed by atoms with Crippen LogP contribution in [0.3, 0.4) is 0 Å². The lowest BCUT2D eigenvalue weighted by Crippen LogP contribution is -2.36. The Bertz CT molecular complexity index is 1060. The Morgan fingerprint density at radius 1 is 1.10 bits per heavy atom. The quantitative estimate of drug-likeness (QED) is 0.817. The number of carbonyl (C=O) groups excluding carboxylic acids is 2. The molecular weight excluding hydrogens is 388 g/mol. The Balaban J connectivity index is 1.73. The fourth-order valence-corrected chi connectivity index (χ4v) is 4.11. The van der Waals surface area contributed by atoms with Gasteiger partial charge in [0.25, 0.3) is 0 Å². The van der Waals surface area contributed by atoms with Crippen LogP contribution < -0.4 is 5.32 Å². The summed E-state index contributed by atoms with van der Waals surface area (Å²) in [7, 11) is -3.26. The van der Waals surface area contributed by atoms with Crippen LogP contribution in [-0.4, -0.2) is 31.4 Å². The summed E-state index contributed by atoms with van der Waals surface area (Å²) in [6, 6.07) is 13.5. The minimum absolute atomic E-state index is 0.127. The Morgan fingerprint density at radius 3 is 2.38 bits per heavy atom. The van der Waals surface area contributed by atoms with Crippen LogP contribution in [0.4, 0.5) is 0 Å². The number of fused-ring (bicyclic) bond motifs is 1. The van der Waals surface area contributed by atoms with Crippen molar-refractivity contribution in [1.82, 2.24) is 10.2 Å². The zero-order valence-corrected chi connectivity index (χ0v) is 17.4. The summed E-state index contributed by atoms with van der Waals surface area (Å²) in [5.74, 6) is -0.316. The Kier molecular flexibility index (Phi) is 5.88. The smallest absolute Gasteiger partial charge is 0.223 e. The molecule has 2 atom stereocenters. The van der Waals surface area contributed by atoms with E-state index >= 15 is 0 Å². The molecule has 0 bridgehead atoms. The van der Waals surface area contributed by atoms with Gasteiger partial charge in [0.05, 0.1) is 23.4 Å².